The van der Waals surface area contributed by atoms with E-state index in [4.69, 9.17) is 5.21 Å². The average Bonchev–Trinajstić information content (AvgIpc) is 2.72. The predicted octanol–water partition coefficient (Wildman–Crippen LogP) is 2.00. The van der Waals surface area contributed by atoms with Gasteiger partial charge in [-0.1, -0.05) is 6.92 Å². The second-order valence-electron chi connectivity index (χ2n) is 4.88. The summed E-state index contributed by atoms with van der Waals surface area (Å²) in [6.07, 6.45) is 4.88. The summed E-state index contributed by atoms with van der Waals surface area (Å²) < 4.78 is 13.1. The molecule has 1 amide bonds. The van der Waals surface area contributed by atoms with Crippen molar-refractivity contribution >= 4 is 5.91 Å². The molecule has 2 N–H and O–H groups in total. The first-order valence-electron chi connectivity index (χ1n) is 5.60. The summed E-state index contributed by atoms with van der Waals surface area (Å²) in [5.74, 6) is -0.604. The molecule has 0 saturated heterocycles. The van der Waals surface area contributed by atoms with Gasteiger partial charge in [0, 0.05) is 11.6 Å². The number of amides is 1. The van der Waals surface area contributed by atoms with Crippen molar-refractivity contribution in [2.45, 2.75) is 32.1 Å². The Kier molecular flexibility index (Phi) is 3.11. The van der Waals surface area contributed by atoms with Gasteiger partial charge in [-0.2, -0.15) is 0 Å². The van der Waals surface area contributed by atoms with Gasteiger partial charge in [0.15, 0.2) is 0 Å². The van der Waals surface area contributed by atoms with E-state index in [9.17, 15) is 9.18 Å². The first-order valence-corrected chi connectivity index (χ1v) is 5.60. The third-order valence-corrected chi connectivity index (χ3v) is 3.59. The fourth-order valence-corrected chi connectivity index (χ4v) is 2.52. The van der Waals surface area contributed by atoms with Crippen LogP contribution in [-0.2, 0) is 4.79 Å². The third-order valence-electron chi connectivity index (χ3n) is 3.59. The fourth-order valence-electron chi connectivity index (χ4n) is 2.52. The number of aromatic nitrogens is 1. The van der Waals surface area contributed by atoms with Crippen molar-refractivity contribution in [3.05, 3.63) is 29.8 Å². The lowest BCUT2D eigenvalue weighted by atomic mass is 9.86. The molecular formula is C12H15FN2O2. The van der Waals surface area contributed by atoms with Gasteiger partial charge in [0.05, 0.1) is 6.20 Å². The SMILES string of the molecule is CC1(C(=O)NO)CCC(c2cncc(F)c2)C1. The second-order valence-corrected chi connectivity index (χ2v) is 4.88. The Balaban J connectivity index is 2.15. The lowest BCUT2D eigenvalue weighted by molar-refractivity contribution is -0.138. The van der Waals surface area contributed by atoms with Gasteiger partial charge in [0.1, 0.15) is 5.82 Å². The van der Waals surface area contributed by atoms with Crippen LogP contribution in [0.1, 0.15) is 37.7 Å². The lowest BCUT2D eigenvalue weighted by Crippen LogP contribution is -2.35. The van der Waals surface area contributed by atoms with Crippen molar-refractivity contribution in [3.8, 4) is 0 Å². The molecule has 1 heterocycles. The molecule has 1 aromatic rings. The maximum Gasteiger partial charge on any atom is 0.249 e. The van der Waals surface area contributed by atoms with Gasteiger partial charge in [-0.05, 0) is 36.8 Å². The minimum Gasteiger partial charge on any atom is -0.289 e. The van der Waals surface area contributed by atoms with Crippen LogP contribution in [0.4, 0.5) is 4.39 Å². The van der Waals surface area contributed by atoms with Crippen LogP contribution in [0.15, 0.2) is 18.5 Å². The molecule has 5 heteroatoms. The summed E-state index contributed by atoms with van der Waals surface area (Å²) in [6.45, 7) is 1.81. The van der Waals surface area contributed by atoms with E-state index in [1.807, 2.05) is 6.92 Å². The number of rotatable bonds is 2. The zero-order chi connectivity index (χ0) is 12.5. The quantitative estimate of drug-likeness (QED) is 0.612. The van der Waals surface area contributed by atoms with E-state index >= 15 is 0 Å². The molecule has 17 heavy (non-hydrogen) atoms. The molecule has 4 nitrogen and oxygen atoms in total. The third kappa shape index (κ3) is 2.29. The molecule has 1 fully saturated rings. The Labute approximate surface area is 98.8 Å². The van der Waals surface area contributed by atoms with Gasteiger partial charge >= 0.3 is 0 Å². The lowest BCUT2D eigenvalue weighted by Gasteiger charge is -2.21. The Morgan fingerprint density at radius 3 is 3.06 bits per heavy atom. The second kappa shape index (κ2) is 4.41. The molecule has 92 valence electrons. The normalized spacial score (nSPS) is 28.1. The van der Waals surface area contributed by atoms with Gasteiger partial charge < -0.3 is 0 Å². The van der Waals surface area contributed by atoms with Crippen molar-refractivity contribution in [3.63, 3.8) is 0 Å². The number of nitrogens with zero attached hydrogens (tertiary/aromatic N) is 1. The van der Waals surface area contributed by atoms with Crippen LogP contribution in [0.2, 0.25) is 0 Å². The molecule has 2 atom stereocenters. The maximum atomic E-state index is 13.1. The smallest absolute Gasteiger partial charge is 0.249 e. The van der Waals surface area contributed by atoms with Crippen LogP contribution in [0.25, 0.3) is 0 Å². The minimum absolute atomic E-state index is 0.125. The Morgan fingerprint density at radius 2 is 2.41 bits per heavy atom. The number of halogens is 1. The van der Waals surface area contributed by atoms with E-state index < -0.39 is 5.41 Å². The highest BCUT2D eigenvalue weighted by atomic mass is 19.1. The number of hydrogen-bond donors (Lipinski definition) is 2. The summed E-state index contributed by atoms with van der Waals surface area (Å²) in [7, 11) is 0. The van der Waals surface area contributed by atoms with E-state index in [0.717, 1.165) is 18.2 Å². The van der Waals surface area contributed by atoms with Gasteiger partial charge in [-0.25, -0.2) is 9.87 Å². The van der Waals surface area contributed by atoms with Crippen molar-refractivity contribution in [1.82, 2.24) is 10.5 Å². The molecule has 0 radical (unpaired) electrons. The van der Waals surface area contributed by atoms with Crippen LogP contribution in [0, 0.1) is 11.2 Å². The molecule has 0 spiro atoms. The van der Waals surface area contributed by atoms with Gasteiger partial charge in [0.2, 0.25) is 5.91 Å². The molecule has 1 aliphatic carbocycles. The Bertz CT molecular complexity index is 438. The minimum atomic E-state index is -0.578. The standard InChI is InChI=1S/C12H15FN2O2/c1-12(11(16)15-17)3-2-8(5-12)9-4-10(13)7-14-6-9/h4,6-8,17H,2-3,5H2,1H3,(H,15,16). The van der Waals surface area contributed by atoms with Crippen LogP contribution in [0.5, 0.6) is 0 Å². The number of hydrogen-bond acceptors (Lipinski definition) is 3. The van der Waals surface area contributed by atoms with E-state index in [-0.39, 0.29) is 17.6 Å². The first kappa shape index (κ1) is 12.0. The summed E-state index contributed by atoms with van der Waals surface area (Å²) in [4.78, 5) is 15.3. The fraction of sp³-hybridized carbons (Fsp3) is 0.500. The number of carbonyl (C=O) groups excluding carboxylic acids is 1. The Morgan fingerprint density at radius 1 is 1.65 bits per heavy atom. The van der Waals surface area contributed by atoms with Crippen LogP contribution in [-0.4, -0.2) is 16.1 Å². The molecule has 0 aliphatic heterocycles. The summed E-state index contributed by atoms with van der Waals surface area (Å²) in [5.41, 5.74) is 1.94. The van der Waals surface area contributed by atoms with E-state index in [2.05, 4.69) is 4.98 Å². The van der Waals surface area contributed by atoms with E-state index in [0.29, 0.717) is 12.8 Å². The van der Waals surface area contributed by atoms with Crippen LogP contribution >= 0.6 is 0 Å². The zero-order valence-corrected chi connectivity index (χ0v) is 9.61. The van der Waals surface area contributed by atoms with Gasteiger partial charge in [-0.3, -0.25) is 15.0 Å². The molecule has 1 aromatic heterocycles. The number of hydroxylamine groups is 1. The highest BCUT2D eigenvalue weighted by molar-refractivity contribution is 5.81. The highest BCUT2D eigenvalue weighted by Gasteiger charge is 2.41. The van der Waals surface area contributed by atoms with Crippen molar-refractivity contribution in [2.75, 3.05) is 0 Å². The largest absolute Gasteiger partial charge is 0.289 e. The van der Waals surface area contributed by atoms with E-state index in [1.54, 1.807) is 11.7 Å². The molecular weight excluding hydrogens is 223 g/mol. The van der Waals surface area contributed by atoms with Crippen molar-refractivity contribution in [2.24, 2.45) is 5.41 Å². The highest BCUT2D eigenvalue weighted by Crippen LogP contribution is 2.46. The Hall–Kier alpha value is -1.49. The zero-order valence-electron chi connectivity index (χ0n) is 9.61. The number of pyridine rings is 1. The van der Waals surface area contributed by atoms with Gasteiger partial charge in [-0.15, -0.1) is 0 Å². The molecule has 0 aromatic carbocycles. The monoisotopic (exact) mass is 238 g/mol. The average molecular weight is 238 g/mol. The van der Waals surface area contributed by atoms with Crippen molar-refractivity contribution < 1.29 is 14.4 Å². The van der Waals surface area contributed by atoms with E-state index in [1.165, 1.54) is 6.07 Å². The molecule has 2 rings (SSSR count). The molecule has 0 bridgehead atoms. The topological polar surface area (TPSA) is 62.2 Å². The summed E-state index contributed by atoms with van der Waals surface area (Å²) >= 11 is 0. The maximum absolute atomic E-state index is 13.1. The summed E-state index contributed by atoms with van der Waals surface area (Å²) in [6, 6.07) is 1.46. The van der Waals surface area contributed by atoms with Crippen molar-refractivity contribution in [1.29, 1.82) is 0 Å². The molecule has 1 saturated carbocycles. The summed E-state index contributed by atoms with van der Waals surface area (Å²) in [5, 5.41) is 8.69. The van der Waals surface area contributed by atoms with Crippen LogP contribution < -0.4 is 5.48 Å². The van der Waals surface area contributed by atoms with Crippen LogP contribution in [0.3, 0.4) is 0 Å². The predicted molar refractivity (Wildman–Crippen MR) is 58.8 cm³/mol. The molecule has 1 aliphatic rings. The number of nitrogens with one attached hydrogen (secondary N) is 1. The first-order chi connectivity index (χ1) is 8.05. The van der Waals surface area contributed by atoms with Gasteiger partial charge in [0.25, 0.3) is 0 Å². The molecule has 2 unspecified atom stereocenters. The number of carbonyl (C=O) groups is 1.